The third-order valence-electron chi connectivity index (χ3n) is 3.79. The maximum atomic E-state index is 12.9. The lowest BCUT2D eigenvalue weighted by atomic mass is 10.1. The normalized spacial score (nSPS) is 11.0. The highest BCUT2D eigenvalue weighted by Gasteiger charge is 2.11. The number of ether oxygens (including phenoxy) is 1. The predicted molar refractivity (Wildman–Crippen MR) is 98.7 cm³/mol. The Bertz CT molecular complexity index is 1170. The van der Waals surface area contributed by atoms with E-state index in [0.717, 1.165) is 5.56 Å². The van der Waals surface area contributed by atoms with Gasteiger partial charge in [-0.25, -0.2) is 9.18 Å². The molecule has 0 saturated carbocycles. The van der Waals surface area contributed by atoms with Crippen molar-refractivity contribution in [2.75, 3.05) is 0 Å². The van der Waals surface area contributed by atoms with Crippen molar-refractivity contribution >= 4 is 22.7 Å². The molecule has 0 atom stereocenters. The quantitative estimate of drug-likeness (QED) is 0.384. The number of nitrogens with zero attached hydrogens (tertiary/aromatic N) is 2. The van der Waals surface area contributed by atoms with Gasteiger partial charge in [0.05, 0.1) is 0 Å². The highest BCUT2D eigenvalue weighted by Crippen LogP contribution is 2.27. The minimum atomic E-state index is -0.507. The van der Waals surface area contributed by atoms with Crippen LogP contribution < -0.4 is 10.4 Å². The van der Waals surface area contributed by atoms with Crippen molar-refractivity contribution in [3.63, 3.8) is 0 Å². The van der Waals surface area contributed by atoms with Gasteiger partial charge < -0.3 is 18.7 Å². The summed E-state index contributed by atoms with van der Waals surface area (Å²) in [5.74, 6) is 0.825. The first-order valence-electron chi connectivity index (χ1n) is 8.16. The van der Waals surface area contributed by atoms with Crippen LogP contribution in [0.1, 0.15) is 11.5 Å². The van der Waals surface area contributed by atoms with E-state index < -0.39 is 5.63 Å². The van der Waals surface area contributed by atoms with Gasteiger partial charge >= 0.3 is 5.63 Å². The largest absolute Gasteiger partial charge is 0.508 e. The van der Waals surface area contributed by atoms with Crippen molar-refractivity contribution in [2.24, 2.45) is 0 Å². The van der Waals surface area contributed by atoms with Gasteiger partial charge in [0.25, 0.3) is 11.1 Å². The number of fused-ring (bicyclic) bond motifs is 1. The van der Waals surface area contributed by atoms with Gasteiger partial charge in [-0.1, -0.05) is 11.8 Å². The summed E-state index contributed by atoms with van der Waals surface area (Å²) in [6.07, 6.45) is 0. The summed E-state index contributed by atoms with van der Waals surface area (Å²) in [5, 5.41) is 18.4. The molecule has 1 N–H and O–H groups in total. The number of thioether (sulfide) groups is 1. The van der Waals surface area contributed by atoms with Crippen molar-refractivity contribution < 1.29 is 23.1 Å². The lowest BCUT2D eigenvalue weighted by Crippen LogP contribution is -1.99. The Morgan fingerprint density at radius 3 is 2.71 bits per heavy atom. The van der Waals surface area contributed by atoms with Gasteiger partial charge in [-0.2, -0.15) is 0 Å². The Labute approximate surface area is 161 Å². The number of rotatable bonds is 6. The third kappa shape index (κ3) is 4.15. The molecule has 2 aromatic carbocycles. The van der Waals surface area contributed by atoms with E-state index in [9.17, 15) is 14.3 Å². The first-order valence-corrected chi connectivity index (χ1v) is 9.15. The van der Waals surface area contributed by atoms with Crippen LogP contribution in [0.25, 0.3) is 11.0 Å². The fourth-order valence-corrected chi connectivity index (χ4v) is 3.28. The molecule has 0 radical (unpaired) electrons. The summed E-state index contributed by atoms with van der Waals surface area (Å²) in [6.45, 7) is 0.0519. The molecule has 2 heterocycles. The molecule has 0 aliphatic carbocycles. The van der Waals surface area contributed by atoms with Crippen LogP contribution in [0.5, 0.6) is 11.5 Å². The zero-order chi connectivity index (χ0) is 19.5. The summed E-state index contributed by atoms with van der Waals surface area (Å²) in [5.41, 5.74) is 0.521. The molecule has 0 bridgehead atoms. The van der Waals surface area contributed by atoms with Crippen molar-refractivity contribution in [3.05, 3.63) is 76.2 Å². The molecule has 0 unspecified atom stereocenters. The second-order valence-electron chi connectivity index (χ2n) is 5.76. The zero-order valence-electron chi connectivity index (χ0n) is 14.3. The standard InChI is InChI=1S/C19H13FN2O5S/c20-12-1-4-14(5-2-12)25-9-17-21-22-19(27-17)28-10-11-7-18(24)26-16-8-13(23)3-6-15(11)16/h1-8,23H,9-10H2. The van der Waals surface area contributed by atoms with E-state index >= 15 is 0 Å². The van der Waals surface area contributed by atoms with E-state index in [4.69, 9.17) is 13.6 Å². The number of aromatic nitrogens is 2. The minimum Gasteiger partial charge on any atom is -0.508 e. The first kappa shape index (κ1) is 18.1. The highest BCUT2D eigenvalue weighted by molar-refractivity contribution is 7.98. The monoisotopic (exact) mass is 400 g/mol. The second-order valence-corrected chi connectivity index (χ2v) is 6.69. The Hall–Kier alpha value is -3.33. The van der Waals surface area contributed by atoms with Crippen LogP contribution in [-0.4, -0.2) is 15.3 Å². The van der Waals surface area contributed by atoms with E-state index in [1.54, 1.807) is 6.07 Å². The number of benzene rings is 2. The number of aromatic hydroxyl groups is 1. The van der Waals surface area contributed by atoms with Crippen molar-refractivity contribution in [3.8, 4) is 11.5 Å². The third-order valence-corrected chi connectivity index (χ3v) is 4.66. The summed E-state index contributed by atoms with van der Waals surface area (Å²) < 4.78 is 29.0. The molecule has 28 heavy (non-hydrogen) atoms. The Morgan fingerprint density at radius 1 is 1.07 bits per heavy atom. The molecule has 9 heteroatoms. The fraction of sp³-hybridized carbons (Fsp3) is 0.105. The molecular formula is C19H13FN2O5S. The van der Waals surface area contributed by atoms with Gasteiger partial charge in [0, 0.05) is 23.3 Å². The number of hydrogen-bond acceptors (Lipinski definition) is 8. The number of hydrogen-bond donors (Lipinski definition) is 1. The predicted octanol–water partition coefficient (Wildman–Crippen LogP) is 3.89. The molecule has 0 spiro atoms. The number of phenols is 1. The SMILES string of the molecule is O=c1cc(CSc2nnc(COc3ccc(F)cc3)o2)c2ccc(O)cc2o1. The van der Waals surface area contributed by atoms with Crippen molar-refractivity contribution in [1.29, 1.82) is 0 Å². The Kier molecular flexibility index (Phi) is 4.98. The van der Waals surface area contributed by atoms with E-state index in [0.29, 0.717) is 27.7 Å². The van der Waals surface area contributed by atoms with Gasteiger partial charge in [-0.15, -0.1) is 10.2 Å². The summed E-state index contributed by atoms with van der Waals surface area (Å²) in [4.78, 5) is 11.7. The van der Waals surface area contributed by atoms with Crippen LogP contribution in [0.4, 0.5) is 4.39 Å². The summed E-state index contributed by atoms with van der Waals surface area (Å²) in [6, 6.07) is 11.6. The molecule has 4 aromatic rings. The second kappa shape index (κ2) is 7.73. The van der Waals surface area contributed by atoms with Gasteiger partial charge in [0.1, 0.15) is 22.9 Å². The zero-order valence-corrected chi connectivity index (χ0v) is 15.1. The van der Waals surface area contributed by atoms with Gasteiger partial charge in [0.15, 0.2) is 6.61 Å². The maximum Gasteiger partial charge on any atom is 0.336 e. The molecule has 0 fully saturated rings. The number of halogens is 1. The Morgan fingerprint density at radius 2 is 1.89 bits per heavy atom. The minimum absolute atomic E-state index is 0.0168. The summed E-state index contributed by atoms with van der Waals surface area (Å²) in [7, 11) is 0. The molecule has 0 aliphatic rings. The molecular weight excluding hydrogens is 387 g/mol. The van der Waals surface area contributed by atoms with Crippen LogP contribution in [0.3, 0.4) is 0 Å². The molecule has 7 nitrogen and oxygen atoms in total. The van der Waals surface area contributed by atoms with Gasteiger partial charge in [0.2, 0.25) is 0 Å². The first-order chi connectivity index (χ1) is 13.6. The van der Waals surface area contributed by atoms with Crippen LogP contribution in [0.15, 0.2) is 67.4 Å². The highest BCUT2D eigenvalue weighted by atomic mass is 32.2. The molecule has 4 rings (SSSR count). The molecule has 142 valence electrons. The van der Waals surface area contributed by atoms with Gasteiger partial charge in [-0.3, -0.25) is 0 Å². The average molecular weight is 400 g/mol. The van der Waals surface area contributed by atoms with E-state index in [1.165, 1.54) is 54.2 Å². The van der Waals surface area contributed by atoms with Crippen molar-refractivity contribution in [2.45, 2.75) is 17.6 Å². The Balaban J connectivity index is 1.43. The molecule has 0 saturated heterocycles. The topological polar surface area (TPSA) is 98.6 Å². The molecule has 2 aromatic heterocycles. The molecule has 0 amide bonds. The van der Waals surface area contributed by atoms with Crippen LogP contribution in [0.2, 0.25) is 0 Å². The van der Waals surface area contributed by atoms with Crippen LogP contribution in [0, 0.1) is 5.82 Å². The average Bonchev–Trinajstić information content (AvgIpc) is 3.13. The summed E-state index contributed by atoms with van der Waals surface area (Å²) >= 11 is 1.26. The van der Waals surface area contributed by atoms with E-state index in [1.807, 2.05) is 0 Å². The van der Waals surface area contributed by atoms with Gasteiger partial charge in [-0.05, 0) is 42.0 Å². The molecule has 0 aliphatic heterocycles. The van der Waals surface area contributed by atoms with Crippen LogP contribution in [-0.2, 0) is 12.4 Å². The lowest BCUT2D eigenvalue weighted by Gasteiger charge is -2.04. The fourth-order valence-electron chi connectivity index (χ4n) is 2.51. The number of phenolic OH excluding ortho intramolecular Hbond substituents is 1. The lowest BCUT2D eigenvalue weighted by molar-refractivity contribution is 0.252. The van der Waals surface area contributed by atoms with E-state index in [2.05, 4.69) is 10.2 Å². The van der Waals surface area contributed by atoms with Crippen molar-refractivity contribution in [1.82, 2.24) is 10.2 Å². The smallest absolute Gasteiger partial charge is 0.336 e. The van der Waals surface area contributed by atoms with Crippen LogP contribution >= 0.6 is 11.8 Å². The maximum absolute atomic E-state index is 12.9. The van der Waals surface area contributed by atoms with E-state index in [-0.39, 0.29) is 24.1 Å².